The highest BCUT2D eigenvalue weighted by molar-refractivity contribution is 7.92. The zero-order valence-electron chi connectivity index (χ0n) is 16.2. The van der Waals surface area contributed by atoms with Crippen LogP contribution >= 0.6 is 0 Å². The Balaban J connectivity index is 2.08. The van der Waals surface area contributed by atoms with Gasteiger partial charge in [-0.1, -0.05) is 41.5 Å². The number of rotatable bonds is 4. The van der Waals surface area contributed by atoms with Gasteiger partial charge in [0.1, 0.15) is 0 Å². The molecule has 0 saturated heterocycles. The molecule has 0 spiro atoms. The van der Waals surface area contributed by atoms with Crippen molar-refractivity contribution in [2.24, 2.45) is 11.3 Å². The predicted octanol–water partition coefficient (Wildman–Crippen LogP) is 2.85. The molecule has 2 aliphatic rings. The van der Waals surface area contributed by atoms with Crippen molar-refractivity contribution in [1.82, 2.24) is 0 Å². The maximum Gasteiger partial charge on any atom is 0.323 e. The SMILES string of the molecule is COC(=O)C1(C(=O)OC)CC2=C(C)[C@H](S(=O)(=O)c3ccccc3)CC=C[C@@H]2C1. The lowest BCUT2D eigenvalue weighted by molar-refractivity contribution is -0.168. The molecule has 0 bridgehead atoms. The zero-order chi connectivity index (χ0) is 20.5. The largest absolute Gasteiger partial charge is 0.468 e. The van der Waals surface area contributed by atoms with E-state index in [1.54, 1.807) is 37.3 Å². The number of ether oxygens (including phenoxy) is 2. The third-order valence-corrected chi connectivity index (χ3v) is 8.04. The molecule has 2 atom stereocenters. The molecule has 1 fully saturated rings. The first-order valence-corrected chi connectivity index (χ1v) is 10.6. The average molecular weight is 404 g/mol. The van der Waals surface area contributed by atoms with E-state index in [-0.39, 0.29) is 23.7 Å². The van der Waals surface area contributed by atoms with Crippen molar-refractivity contribution in [2.45, 2.75) is 36.3 Å². The molecule has 3 rings (SSSR count). The fraction of sp³-hybridized carbons (Fsp3) is 0.429. The number of hydrogen-bond acceptors (Lipinski definition) is 6. The second-order valence-corrected chi connectivity index (χ2v) is 9.40. The van der Waals surface area contributed by atoms with E-state index in [2.05, 4.69) is 0 Å². The van der Waals surface area contributed by atoms with Gasteiger partial charge in [0.15, 0.2) is 15.3 Å². The standard InChI is InChI=1S/C21H24O6S/c1-14-17-13-21(19(22)26-2,20(23)27-3)12-15(17)8-7-11-18(14)28(24,25)16-9-5-4-6-10-16/h4-10,15,18H,11-13H2,1-3H3/t15-,18-/m1/s1. The van der Waals surface area contributed by atoms with E-state index in [9.17, 15) is 18.0 Å². The van der Waals surface area contributed by atoms with Crippen LogP contribution < -0.4 is 0 Å². The van der Waals surface area contributed by atoms with Crippen LogP contribution in [-0.4, -0.2) is 39.8 Å². The van der Waals surface area contributed by atoms with Crippen molar-refractivity contribution >= 4 is 21.8 Å². The highest BCUT2D eigenvalue weighted by Crippen LogP contribution is 2.51. The summed E-state index contributed by atoms with van der Waals surface area (Å²) >= 11 is 0. The van der Waals surface area contributed by atoms with Crippen LogP contribution in [0.2, 0.25) is 0 Å². The molecule has 28 heavy (non-hydrogen) atoms. The number of allylic oxidation sites excluding steroid dienone is 3. The van der Waals surface area contributed by atoms with Crippen molar-refractivity contribution in [2.75, 3.05) is 14.2 Å². The van der Waals surface area contributed by atoms with Crippen LogP contribution in [0.3, 0.4) is 0 Å². The van der Waals surface area contributed by atoms with Gasteiger partial charge in [0.05, 0.1) is 24.4 Å². The van der Waals surface area contributed by atoms with Crippen molar-refractivity contribution in [3.8, 4) is 0 Å². The topological polar surface area (TPSA) is 86.7 Å². The fourth-order valence-electron chi connectivity index (χ4n) is 4.31. The molecule has 0 amide bonds. The third-order valence-electron chi connectivity index (χ3n) is 5.81. The Bertz CT molecular complexity index is 926. The van der Waals surface area contributed by atoms with Crippen LogP contribution in [0.25, 0.3) is 0 Å². The van der Waals surface area contributed by atoms with Crippen molar-refractivity contribution in [3.63, 3.8) is 0 Å². The Labute approximate surface area is 165 Å². The number of benzene rings is 1. The highest BCUT2D eigenvalue weighted by atomic mass is 32.2. The van der Waals surface area contributed by atoms with Crippen LogP contribution in [0.4, 0.5) is 0 Å². The predicted molar refractivity (Wildman–Crippen MR) is 103 cm³/mol. The van der Waals surface area contributed by atoms with Gasteiger partial charge in [-0.15, -0.1) is 0 Å². The first-order chi connectivity index (χ1) is 13.3. The molecule has 0 unspecified atom stereocenters. The Morgan fingerprint density at radius 3 is 2.25 bits per heavy atom. The second-order valence-electron chi connectivity index (χ2n) is 7.27. The normalized spacial score (nSPS) is 23.7. The number of carbonyl (C=O) groups excluding carboxylic acids is 2. The summed E-state index contributed by atoms with van der Waals surface area (Å²) in [5, 5.41) is -0.739. The summed E-state index contributed by atoms with van der Waals surface area (Å²) in [6, 6.07) is 8.33. The molecule has 6 nitrogen and oxygen atoms in total. The summed E-state index contributed by atoms with van der Waals surface area (Å²) in [6.45, 7) is 1.78. The van der Waals surface area contributed by atoms with Gasteiger partial charge in [-0.3, -0.25) is 9.59 Å². The minimum absolute atomic E-state index is 0.105. The smallest absolute Gasteiger partial charge is 0.323 e. The Morgan fingerprint density at radius 2 is 1.68 bits per heavy atom. The van der Waals surface area contributed by atoms with Gasteiger partial charge in [-0.25, -0.2) is 8.42 Å². The number of carbonyl (C=O) groups is 2. The van der Waals surface area contributed by atoms with Gasteiger partial charge >= 0.3 is 11.9 Å². The van der Waals surface area contributed by atoms with Gasteiger partial charge < -0.3 is 9.47 Å². The highest BCUT2D eigenvalue weighted by Gasteiger charge is 2.56. The molecular formula is C21H24O6S. The van der Waals surface area contributed by atoms with Gasteiger partial charge in [-0.2, -0.15) is 0 Å². The minimum Gasteiger partial charge on any atom is -0.468 e. The average Bonchev–Trinajstić information content (AvgIpc) is 3.03. The molecule has 1 aromatic carbocycles. The molecule has 0 aromatic heterocycles. The molecule has 1 saturated carbocycles. The maximum atomic E-state index is 13.2. The number of hydrogen-bond donors (Lipinski definition) is 0. The first-order valence-electron chi connectivity index (χ1n) is 9.10. The van der Waals surface area contributed by atoms with Crippen LogP contribution in [0.15, 0.2) is 58.5 Å². The summed E-state index contributed by atoms with van der Waals surface area (Å²) in [4.78, 5) is 25.2. The number of fused-ring (bicyclic) bond motifs is 1. The first kappa shape index (κ1) is 20.3. The van der Waals surface area contributed by atoms with E-state index < -0.39 is 32.4 Å². The lowest BCUT2D eigenvalue weighted by Gasteiger charge is -2.23. The van der Waals surface area contributed by atoms with Crippen molar-refractivity contribution in [1.29, 1.82) is 0 Å². The van der Waals surface area contributed by atoms with Gasteiger partial charge in [-0.05, 0) is 44.2 Å². The Hall–Kier alpha value is -2.41. The molecule has 0 heterocycles. The molecule has 7 heteroatoms. The number of methoxy groups -OCH3 is 2. The van der Waals surface area contributed by atoms with E-state index >= 15 is 0 Å². The summed E-state index contributed by atoms with van der Waals surface area (Å²) in [5.74, 6) is -1.50. The monoisotopic (exact) mass is 404 g/mol. The summed E-state index contributed by atoms with van der Waals surface area (Å²) in [6.07, 6.45) is 4.40. The summed E-state index contributed by atoms with van der Waals surface area (Å²) in [7, 11) is -1.13. The van der Waals surface area contributed by atoms with E-state index in [1.165, 1.54) is 14.2 Å². The zero-order valence-corrected chi connectivity index (χ0v) is 17.0. The third kappa shape index (κ3) is 3.17. The fourth-order valence-corrected chi connectivity index (χ4v) is 6.16. The molecule has 2 aliphatic carbocycles. The summed E-state index contributed by atoms with van der Waals surface area (Å²) < 4.78 is 36.2. The molecule has 0 aliphatic heterocycles. The quantitative estimate of drug-likeness (QED) is 0.436. The Kier molecular flexibility index (Phi) is 5.48. The van der Waals surface area contributed by atoms with Gasteiger partial charge in [0.2, 0.25) is 0 Å². The molecule has 1 aromatic rings. The maximum absolute atomic E-state index is 13.2. The van der Waals surface area contributed by atoms with E-state index in [0.717, 1.165) is 5.57 Å². The lowest BCUT2D eigenvalue weighted by atomic mass is 9.84. The van der Waals surface area contributed by atoms with Crippen LogP contribution in [0, 0.1) is 11.3 Å². The van der Waals surface area contributed by atoms with Crippen LogP contribution in [0.5, 0.6) is 0 Å². The van der Waals surface area contributed by atoms with E-state index in [0.29, 0.717) is 12.0 Å². The van der Waals surface area contributed by atoms with E-state index in [4.69, 9.17) is 9.47 Å². The van der Waals surface area contributed by atoms with Crippen molar-refractivity contribution < 1.29 is 27.5 Å². The summed E-state index contributed by atoms with van der Waals surface area (Å²) in [5.41, 5.74) is 0.0515. The molecule has 0 N–H and O–H groups in total. The van der Waals surface area contributed by atoms with Gasteiger partial charge in [0.25, 0.3) is 0 Å². The van der Waals surface area contributed by atoms with Gasteiger partial charge in [0, 0.05) is 0 Å². The lowest BCUT2D eigenvalue weighted by Crippen LogP contribution is -2.39. The number of esters is 2. The van der Waals surface area contributed by atoms with E-state index in [1.807, 2.05) is 12.2 Å². The second kappa shape index (κ2) is 7.54. The molecular weight excluding hydrogens is 380 g/mol. The van der Waals surface area contributed by atoms with Crippen LogP contribution in [0.1, 0.15) is 26.2 Å². The molecule has 150 valence electrons. The van der Waals surface area contributed by atoms with Crippen LogP contribution in [-0.2, 0) is 28.9 Å². The minimum atomic E-state index is -3.60. The van der Waals surface area contributed by atoms with Crippen molar-refractivity contribution in [3.05, 3.63) is 53.6 Å². The number of sulfone groups is 1. The Morgan fingerprint density at radius 1 is 1.07 bits per heavy atom. The molecule has 0 radical (unpaired) electrons.